The first kappa shape index (κ1) is 18.8. The van der Waals surface area contributed by atoms with Gasteiger partial charge in [-0.1, -0.05) is 17.8 Å². The molecule has 3 rings (SSSR count). The van der Waals surface area contributed by atoms with E-state index in [1.165, 1.54) is 28.8 Å². The van der Waals surface area contributed by atoms with E-state index in [0.717, 1.165) is 10.5 Å². The molecule has 1 aliphatic heterocycles. The molecular formula is C20H19NO5S. The van der Waals surface area contributed by atoms with Crippen molar-refractivity contribution < 1.29 is 24.2 Å². The SMILES string of the molecule is CCOc1ccc(C=C2Sc3ccc(C(=O)O)cc3N(C)C2=O)cc1OC. The fourth-order valence-corrected chi connectivity index (χ4v) is 3.82. The zero-order chi connectivity index (χ0) is 19.6. The number of amides is 1. The Kier molecular flexibility index (Phi) is 5.41. The van der Waals surface area contributed by atoms with Gasteiger partial charge in [0.1, 0.15) is 0 Å². The van der Waals surface area contributed by atoms with Crippen molar-refractivity contribution >= 4 is 35.4 Å². The number of carbonyl (C=O) groups is 2. The number of nitrogens with zero attached hydrogens (tertiary/aromatic N) is 1. The van der Waals surface area contributed by atoms with Gasteiger partial charge >= 0.3 is 5.97 Å². The van der Waals surface area contributed by atoms with Crippen molar-refractivity contribution in [3.63, 3.8) is 0 Å². The third-order valence-corrected chi connectivity index (χ3v) is 5.17. The smallest absolute Gasteiger partial charge is 0.335 e. The van der Waals surface area contributed by atoms with E-state index in [-0.39, 0.29) is 11.5 Å². The number of benzene rings is 2. The maximum Gasteiger partial charge on any atom is 0.335 e. The van der Waals surface area contributed by atoms with Crippen molar-refractivity contribution in [3.05, 3.63) is 52.4 Å². The highest BCUT2D eigenvalue weighted by Gasteiger charge is 2.27. The van der Waals surface area contributed by atoms with Gasteiger partial charge in [-0.05, 0) is 48.9 Å². The lowest BCUT2D eigenvalue weighted by molar-refractivity contribution is -0.114. The highest BCUT2D eigenvalue weighted by Crippen LogP contribution is 2.42. The Labute approximate surface area is 161 Å². The fourth-order valence-electron chi connectivity index (χ4n) is 2.73. The second-order valence-corrected chi connectivity index (χ2v) is 6.89. The number of hydrogen-bond acceptors (Lipinski definition) is 5. The Morgan fingerprint density at radius 2 is 2.00 bits per heavy atom. The Bertz CT molecular complexity index is 938. The molecule has 1 aliphatic rings. The van der Waals surface area contributed by atoms with E-state index in [2.05, 4.69) is 0 Å². The molecule has 27 heavy (non-hydrogen) atoms. The van der Waals surface area contributed by atoms with Crippen LogP contribution in [0.1, 0.15) is 22.8 Å². The van der Waals surface area contributed by atoms with Crippen LogP contribution >= 0.6 is 11.8 Å². The number of aromatic carboxylic acids is 1. The van der Waals surface area contributed by atoms with Crippen LogP contribution in [-0.4, -0.2) is 37.7 Å². The van der Waals surface area contributed by atoms with Gasteiger partial charge in [-0.15, -0.1) is 0 Å². The number of anilines is 1. The molecule has 0 fully saturated rings. The molecule has 0 radical (unpaired) electrons. The molecular weight excluding hydrogens is 366 g/mol. The number of carboxylic acid groups (broad SMARTS) is 1. The fraction of sp³-hybridized carbons (Fsp3) is 0.200. The second kappa shape index (κ2) is 7.75. The van der Waals surface area contributed by atoms with E-state index in [0.29, 0.717) is 28.7 Å². The molecule has 0 bridgehead atoms. The average molecular weight is 385 g/mol. The van der Waals surface area contributed by atoms with Crippen LogP contribution in [0.4, 0.5) is 5.69 Å². The van der Waals surface area contributed by atoms with Gasteiger partial charge in [0, 0.05) is 11.9 Å². The van der Waals surface area contributed by atoms with Crippen molar-refractivity contribution in [3.8, 4) is 11.5 Å². The summed E-state index contributed by atoms with van der Waals surface area (Å²) in [5, 5.41) is 9.15. The van der Waals surface area contributed by atoms with E-state index in [1.807, 2.05) is 25.1 Å². The van der Waals surface area contributed by atoms with E-state index in [1.54, 1.807) is 26.3 Å². The van der Waals surface area contributed by atoms with Crippen LogP contribution in [0.25, 0.3) is 6.08 Å². The van der Waals surface area contributed by atoms with Gasteiger partial charge in [0.25, 0.3) is 5.91 Å². The van der Waals surface area contributed by atoms with Gasteiger partial charge in [-0.25, -0.2) is 4.79 Å². The molecule has 0 atom stereocenters. The van der Waals surface area contributed by atoms with E-state index >= 15 is 0 Å². The number of methoxy groups -OCH3 is 1. The minimum atomic E-state index is -1.02. The van der Waals surface area contributed by atoms with Crippen LogP contribution in [0.5, 0.6) is 11.5 Å². The summed E-state index contributed by atoms with van der Waals surface area (Å²) < 4.78 is 10.9. The van der Waals surface area contributed by atoms with Gasteiger partial charge in [0.05, 0.1) is 29.9 Å². The minimum Gasteiger partial charge on any atom is -0.493 e. The molecule has 0 aliphatic carbocycles. The Hall–Kier alpha value is -2.93. The molecule has 0 saturated carbocycles. The van der Waals surface area contributed by atoms with E-state index in [9.17, 15) is 9.59 Å². The first-order valence-electron chi connectivity index (χ1n) is 8.30. The maximum absolute atomic E-state index is 12.7. The largest absolute Gasteiger partial charge is 0.493 e. The summed E-state index contributed by atoms with van der Waals surface area (Å²) in [7, 11) is 3.21. The highest BCUT2D eigenvalue weighted by atomic mass is 32.2. The topological polar surface area (TPSA) is 76.1 Å². The molecule has 1 heterocycles. The average Bonchev–Trinajstić information content (AvgIpc) is 2.66. The number of hydrogen-bond donors (Lipinski definition) is 1. The quantitative estimate of drug-likeness (QED) is 0.787. The van der Waals surface area contributed by atoms with Gasteiger partial charge in [-0.2, -0.15) is 0 Å². The molecule has 0 aromatic heterocycles. The summed E-state index contributed by atoms with van der Waals surface area (Å²) in [6, 6.07) is 10.3. The molecule has 1 N–H and O–H groups in total. The normalized spacial score (nSPS) is 14.9. The number of rotatable bonds is 5. The molecule has 7 heteroatoms. The van der Waals surface area contributed by atoms with E-state index < -0.39 is 5.97 Å². The lowest BCUT2D eigenvalue weighted by atomic mass is 10.1. The first-order valence-corrected chi connectivity index (χ1v) is 9.12. The third kappa shape index (κ3) is 3.78. The van der Waals surface area contributed by atoms with Gasteiger partial charge in [0.2, 0.25) is 0 Å². The van der Waals surface area contributed by atoms with Crippen LogP contribution in [-0.2, 0) is 4.79 Å². The summed E-state index contributed by atoms with van der Waals surface area (Å²) >= 11 is 1.32. The molecule has 1 amide bonds. The monoisotopic (exact) mass is 385 g/mol. The van der Waals surface area contributed by atoms with Crippen molar-refractivity contribution in [1.82, 2.24) is 0 Å². The summed E-state index contributed by atoms with van der Waals surface area (Å²) in [6.45, 7) is 2.43. The van der Waals surface area contributed by atoms with Crippen LogP contribution in [0.15, 0.2) is 46.2 Å². The second-order valence-electron chi connectivity index (χ2n) is 5.81. The van der Waals surface area contributed by atoms with Crippen molar-refractivity contribution in [1.29, 1.82) is 0 Å². The number of thioether (sulfide) groups is 1. The Balaban J connectivity index is 1.96. The lowest BCUT2D eigenvalue weighted by Crippen LogP contribution is -2.30. The Morgan fingerprint density at radius 1 is 1.22 bits per heavy atom. The summed E-state index contributed by atoms with van der Waals surface area (Å²) in [5.74, 6) is 0.0297. The number of carbonyl (C=O) groups excluding carboxylic acids is 1. The zero-order valence-electron chi connectivity index (χ0n) is 15.2. The number of carboxylic acids is 1. The molecule has 140 valence electrons. The van der Waals surface area contributed by atoms with Crippen LogP contribution in [0.3, 0.4) is 0 Å². The van der Waals surface area contributed by atoms with Crippen molar-refractivity contribution in [2.45, 2.75) is 11.8 Å². The van der Waals surface area contributed by atoms with Crippen molar-refractivity contribution in [2.75, 3.05) is 25.7 Å². The number of ether oxygens (including phenoxy) is 2. The summed E-state index contributed by atoms with van der Waals surface area (Å²) in [6.07, 6.45) is 1.79. The zero-order valence-corrected chi connectivity index (χ0v) is 16.0. The molecule has 0 saturated heterocycles. The molecule has 6 nitrogen and oxygen atoms in total. The predicted molar refractivity (Wildman–Crippen MR) is 105 cm³/mol. The Morgan fingerprint density at radius 3 is 2.67 bits per heavy atom. The van der Waals surface area contributed by atoms with Gasteiger partial charge < -0.3 is 19.5 Å². The summed E-state index contributed by atoms with van der Waals surface area (Å²) in [4.78, 5) is 26.7. The minimum absolute atomic E-state index is 0.151. The maximum atomic E-state index is 12.7. The number of fused-ring (bicyclic) bond motifs is 1. The molecule has 0 unspecified atom stereocenters. The van der Waals surface area contributed by atoms with Gasteiger partial charge in [0.15, 0.2) is 11.5 Å². The summed E-state index contributed by atoms with van der Waals surface area (Å²) in [5.41, 5.74) is 1.55. The molecule has 0 spiro atoms. The van der Waals surface area contributed by atoms with Crippen LogP contribution in [0, 0.1) is 0 Å². The predicted octanol–water partition coefficient (Wildman–Crippen LogP) is 3.90. The lowest BCUT2D eigenvalue weighted by Gasteiger charge is -2.27. The molecule has 2 aromatic carbocycles. The van der Waals surface area contributed by atoms with Crippen LogP contribution < -0.4 is 14.4 Å². The van der Waals surface area contributed by atoms with Crippen LogP contribution in [0.2, 0.25) is 0 Å². The standard InChI is InChI=1S/C20H19NO5S/c1-4-26-15-7-5-12(9-16(15)25-3)10-18-19(22)21(2)14-11-13(20(23)24)6-8-17(14)27-18/h5-11H,4H2,1-3H3,(H,23,24). The first-order chi connectivity index (χ1) is 12.9. The van der Waals surface area contributed by atoms with Crippen molar-refractivity contribution in [2.24, 2.45) is 0 Å². The third-order valence-electron chi connectivity index (χ3n) is 4.09. The molecule has 2 aromatic rings. The number of likely N-dealkylation sites (N-methyl/N-ethyl adjacent to an activating group) is 1. The van der Waals surface area contributed by atoms with E-state index in [4.69, 9.17) is 14.6 Å². The highest BCUT2D eigenvalue weighted by molar-refractivity contribution is 8.04. The van der Waals surface area contributed by atoms with Gasteiger partial charge in [-0.3, -0.25) is 4.79 Å².